The topological polar surface area (TPSA) is 30.5 Å². The summed E-state index contributed by atoms with van der Waals surface area (Å²) in [5.41, 5.74) is -0.156. The zero-order chi connectivity index (χ0) is 8.44. The SMILES string of the molecule is COC12CCCCC1OCCN2.Cl. The quantitative estimate of drug-likeness (QED) is 0.704. The average Bonchev–Trinajstić information content (AvgIpc) is 2.18. The van der Waals surface area contributed by atoms with Gasteiger partial charge in [0.15, 0.2) is 0 Å². The third-order valence-electron chi connectivity index (χ3n) is 2.99. The first kappa shape index (κ1) is 11.2. The second-order valence-corrected chi connectivity index (χ2v) is 3.63. The van der Waals surface area contributed by atoms with Crippen molar-refractivity contribution in [2.24, 2.45) is 0 Å². The molecule has 0 aromatic rings. The smallest absolute Gasteiger partial charge is 0.145 e. The Balaban J connectivity index is 0.000000845. The minimum absolute atomic E-state index is 0. The van der Waals surface area contributed by atoms with Gasteiger partial charge in [-0.3, -0.25) is 5.32 Å². The van der Waals surface area contributed by atoms with Gasteiger partial charge in [-0.1, -0.05) is 6.42 Å². The molecule has 0 radical (unpaired) electrons. The van der Waals surface area contributed by atoms with Gasteiger partial charge in [-0.05, 0) is 19.3 Å². The molecule has 78 valence electrons. The number of rotatable bonds is 1. The average molecular weight is 208 g/mol. The lowest BCUT2D eigenvalue weighted by Crippen LogP contribution is -2.62. The van der Waals surface area contributed by atoms with E-state index in [0.717, 1.165) is 26.0 Å². The van der Waals surface area contributed by atoms with E-state index in [0.29, 0.717) is 0 Å². The van der Waals surface area contributed by atoms with Crippen LogP contribution in [0.25, 0.3) is 0 Å². The fourth-order valence-electron chi connectivity index (χ4n) is 2.30. The van der Waals surface area contributed by atoms with E-state index in [2.05, 4.69) is 5.32 Å². The molecule has 1 saturated carbocycles. The lowest BCUT2D eigenvalue weighted by atomic mass is 9.87. The van der Waals surface area contributed by atoms with Crippen molar-refractivity contribution >= 4 is 12.4 Å². The molecule has 1 aliphatic heterocycles. The summed E-state index contributed by atoms with van der Waals surface area (Å²) in [6.07, 6.45) is 5.04. The van der Waals surface area contributed by atoms with Crippen LogP contribution in [-0.2, 0) is 9.47 Å². The van der Waals surface area contributed by atoms with Crippen LogP contribution in [0, 0.1) is 0 Å². The second-order valence-electron chi connectivity index (χ2n) is 3.63. The lowest BCUT2D eigenvalue weighted by Gasteiger charge is -2.46. The first-order valence-corrected chi connectivity index (χ1v) is 4.79. The van der Waals surface area contributed by atoms with Crippen LogP contribution in [-0.4, -0.2) is 32.1 Å². The van der Waals surface area contributed by atoms with Gasteiger partial charge in [-0.2, -0.15) is 0 Å². The van der Waals surface area contributed by atoms with Crippen molar-refractivity contribution in [3.63, 3.8) is 0 Å². The number of morpholine rings is 1. The number of ether oxygens (including phenoxy) is 2. The Hall–Kier alpha value is 0.170. The summed E-state index contributed by atoms with van der Waals surface area (Å²) in [5, 5.41) is 3.44. The van der Waals surface area contributed by atoms with E-state index in [1.165, 1.54) is 12.8 Å². The molecule has 1 saturated heterocycles. The maximum Gasteiger partial charge on any atom is 0.145 e. The fraction of sp³-hybridized carbons (Fsp3) is 1.00. The van der Waals surface area contributed by atoms with Crippen molar-refractivity contribution in [3.8, 4) is 0 Å². The van der Waals surface area contributed by atoms with Gasteiger partial charge < -0.3 is 9.47 Å². The first-order valence-electron chi connectivity index (χ1n) is 4.79. The number of nitrogens with one attached hydrogen (secondary N) is 1. The Kier molecular flexibility index (Phi) is 3.98. The van der Waals surface area contributed by atoms with Crippen LogP contribution in [0.2, 0.25) is 0 Å². The Morgan fingerprint density at radius 1 is 1.46 bits per heavy atom. The summed E-state index contributed by atoms with van der Waals surface area (Å²) in [5.74, 6) is 0. The molecule has 1 aliphatic carbocycles. The predicted octanol–water partition coefficient (Wildman–Crippen LogP) is 1.31. The number of hydrogen-bond donors (Lipinski definition) is 1. The minimum Gasteiger partial charge on any atom is -0.372 e. The Labute approximate surface area is 85.6 Å². The highest BCUT2D eigenvalue weighted by atomic mass is 35.5. The van der Waals surface area contributed by atoms with Crippen molar-refractivity contribution in [2.75, 3.05) is 20.3 Å². The highest BCUT2D eigenvalue weighted by Gasteiger charge is 2.43. The molecule has 2 fully saturated rings. The molecule has 0 spiro atoms. The van der Waals surface area contributed by atoms with Crippen molar-refractivity contribution in [3.05, 3.63) is 0 Å². The van der Waals surface area contributed by atoms with Gasteiger partial charge in [0.25, 0.3) is 0 Å². The van der Waals surface area contributed by atoms with Crippen LogP contribution < -0.4 is 5.32 Å². The molecule has 0 bridgehead atoms. The number of halogens is 1. The fourth-order valence-corrected chi connectivity index (χ4v) is 2.30. The monoisotopic (exact) mass is 207 g/mol. The molecule has 0 aromatic carbocycles. The molecular formula is C9H18ClNO2. The van der Waals surface area contributed by atoms with Crippen LogP contribution >= 0.6 is 12.4 Å². The third-order valence-corrected chi connectivity index (χ3v) is 2.99. The summed E-state index contributed by atoms with van der Waals surface area (Å²) in [7, 11) is 1.78. The number of methoxy groups -OCH3 is 1. The zero-order valence-corrected chi connectivity index (χ0v) is 8.86. The number of fused-ring (bicyclic) bond motifs is 1. The molecule has 2 unspecified atom stereocenters. The van der Waals surface area contributed by atoms with E-state index in [4.69, 9.17) is 9.47 Å². The lowest BCUT2D eigenvalue weighted by molar-refractivity contribution is -0.191. The molecule has 2 aliphatic rings. The van der Waals surface area contributed by atoms with E-state index < -0.39 is 0 Å². The predicted molar refractivity (Wildman–Crippen MR) is 53.2 cm³/mol. The van der Waals surface area contributed by atoms with Crippen molar-refractivity contribution in [2.45, 2.75) is 37.5 Å². The summed E-state index contributed by atoms with van der Waals surface area (Å²) in [6, 6.07) is 0. The molecule has 2 rings (SSSR count). The molecular weight excluding hydrogens is 190 g/mol. The van der Waals surface area contributed by atoms with Gasteiger partial charge in [0.2, 0.25) is 0 Å². The van der Waals surface area contributed by atoms with E-state index in [1.54, 1.807) is 7.11 Å². The highest BCUT2D eigenvalue weighted by Crippen LogP contribution is 2.32. The zero-order valence-electron chi connectivity index (χ0n) is 8.04. The van der Waals surface area contributed by atoms with Crippen LogP contribution in [0.4, 0.5) is 0 Å². The van der Waals surface area contributed by atoms with E-state index in [1.807, 2.05) is 0 Å². The molecule has 3 nitrogen and oxygen atoms in total. The van der Waals surface area contributed by atoms with Crippen molar-refractivity contribution < 1.29 is 9.47 Å². The second kappa shape index (κ2) is 4.60. The first-order chi connectivity index (χ1) is 5.87. The van der Waals surface area contributed by atoms with Crippen LogP contribution in [0.15, 0.2) is 0 Å². The van der Waals surface area contributed by atoms with E-state index in [9.17, 15) is 0 Å². The Morgan fingerprint density at radius 2 is 2.31 bits per heavy atom. The van der Waals surface area contributed by atoms with Gasteiger partial charge in [0.05, 0.1) is 12.7 Å². The summed E-state index contributed by atoms with van der Waals surface area (Å²) < 4.78 is 11.2. The molecule has 0 aromatic heterocycles. The highest BCUT2D eigenvalue weighted by molar-refractivity contribution is 5.85. The maximum atomic E-state index is 5.69. The van der Waals surface area contributed by atoms with Crippen LogP contribution in [0.1, 0.15) is 25.7 Å². The van der Waals surface area contributed by atoms with E-state index >= 15 is 0 Å². The minimum atomic E-state index is -0.156. The van der Waals surface area contributed by atoms with Gasteiger partial charge >= 0.3 is 0 Å². The van der Waals surface area contributed by atoms with Gasteiger partial charge in [0, 0.05) is 13.7 Å². The van der Waals surface area contributed by atoms with Crippen molar-refractivity contribution in [1.82, 2.24) is 5.32 Å². The van der Waals surface area contributed by atoms with Crippen LogP contribution in [0.5, 0.6) is 0 Å². The van der Waals surface area contributed by atoms with Gasteiger partial charge in [-0.25, -0.2) is 0 Å². The summed E-state index contributed by atoms with van der Waals surface area (Å²) in [6.45, 7) is 1.75. The standard InChI is InChI=1S/C9H17NO2.ClH/c1-11-9-5-3-2-4-8(9)12-7-6-10-9;/h8,10H,2-7H2,1H3;1H. The normalized spacial score (nSPS) is 39.0. The summed E-state index contributed by atoms with van der Waals surface area (Å²) in [4.78, 5) is 0. The largest absolute Gasteiger partial charge is 0.372 e. The maximum absolute atomic E-state index is 5.69. The Bertz CT molecular complexity index is 154. The van der Waals surface area contributed by atoms with Crippen LogP contribution in [0.3, 0.4) is 0 Å². The molecule has 4 heteroatoms. The Morgan fingerprint density at radius 3 is 3.00 bits per heavy atom. The molecule has 13 heavy (non-hydrogen) atoms. The molecule has 0 amide bonds. The molecule has 2 atom stereocenters. The van der Waals surface area contributed by atoms with Gasteiger partial charge in [-0.15, -0.1) is 12.4 Å². The number of hydrogen-bond acceptors (Lipinski definition) is 3. The molecule has 1 heterocycles. The van der Waals surface area contributed by atoms with Gasteiger partial charge in [0.1, 0.15) is 5.72 Å². The van der Waals surface area contributed by atoms with E-state index in [-0.39, 0.29) is 24.2 Å². The third kappa shape index (κ3) is 1.99. The summed E-state index contributed by atoms with van der Waals surface area (Å²) >= 11 is 0. The van der Waals surface area contributed by atoms with Crippen molar-refractivity contribution in [1.29, 1.82) is 0 Å². The molecule has 1 N–H and O–H groups in total.